The highest BCUT2D eigenvalue weighted by molar-refractivity contribution is 5.84. The van der Waals surface area contributed by atoms with Gasteiger partial charge in [0.25, 0.3) is 0 Å². The van der Waals surface area contributed by atoms with Crippen molar-refractivity contribution in [1.29, 1.82) is 0 Å². The molecule has 0 saturated carbocycles. The Balaban J connectivity index is 1.42. The minimum Gasteiger partial charge on any atom is -0.338 e. The summed E-state index contributed by atoms with van der Waals surface area (Å²) < 4.78 is 0. The SMILES string of the molecule is Cc1cccc(CN2CCCC3(CCN(C4CCN(C)CC4)C3)C2=O)c1. The van der Waals surface area contributed by atoms with Crippen LogP contribution in [0.1, 0.15) is 43.2 Å². The van der Waals surface area contributed by atoms with Crippen LogP contribution in [-0.4, -0.2) is 66.4 Å². The second-order valence-corrected chi connectivity index (χ2v) is 8.85. The zero-order valence-electron chi connectivity index (χ0n) is 16.4. The minimum absolute atomic E-state index is 0.106. The van der Waals surface area contributed by atoms with Gasteiger partial charge in [0.2, 0.25) is 5.91 Å². The van der Waals surface area contributed by atoms with Gasteiger partial charge in [-0.05, 0) is 71.3 Å². The standard InChI is InChI=1S/C22H33N3O/c1-18-5-3-6-19(15-18)16-24-11-4-9-22(21(24)26)10-14-25(17-22)20-7-12-23(2)13-8-20/h3,5-6,15,20H,4,7-14,16-17H2,1-2H3. The highest BCUT2D eigenvalue weighted by atomic mass is 16.2. The van der Waals surface area contributed by atoms with Crippen molar-refractivity contribution in [3.63, 3.8) is 0 Å². The molecular weight excluding hydrogens is 322 g/mol. The average molecular weight is 356 g/mol. The van der Waals surface area contributed by atoms with E-state index in [9.17, 15) is 4.79 Å². The molecule has 1 atom stereocenters. The molecule has 3 heterocycles. The fraction of sp³-hybridized carbons (Fsp3) is 0.682. The lowest BCUT2D eigenvalue weighted by Crippen LogP contribution is -2.51. The Morgan fingerprint density at radius 2 is 1.92 bits per heavy atom. The second-order valence-electron chi connectivity index (χ2n) is 8.85. The Labute approximate surface area is 158 Å². The summed E-state index contributed by atoms with van der Waals surface area (Å²) in [6.07, 6.45) is 5.81. The molecule has 4 rings (SSSR count). The van der Waals surface area contributed by atoms with Gasteiger partial charge in [0.05, 0.1) is 5.41 Å². The molecule has 0 radical (unpaired) electrons. The van der Waals surface area contributed by atoms with Crippen molar-refractivity contribution in [2.45, 2.75) is 51.6 Å². The maximum atomic E-state index is 13.4. The third-order valence-electron chi connectivity index (χ3n) is 6.87. The van der Waals surface area contributed by atoms with Gasteiger partial charge in [-0.25, -0.2) is 0 Å². The largest absolute Gasteiger partial charge is 0.338 e. The summed E-state index contributed by atoms with van der Waals surface area (Å²) in [5, 5.41) is 0. The van der Waals surface area contributed by atoms with Gasteiger partial charge in [0, 0.05) is 25.7 Å². The van der Waals surface area contributed by atoms with Gasteiger partial charge < -0.3 is 9.80 Å². The third-order valence-corrected chi connectivity index (χ3v) is 6.87. The van der Waals surface area contributed by atoms with Gasteiger partial charge in [-0.1, -0.05) is 29.8 Å². The topological polar surface area (TPSA) is 26.8 Å². The third kappa shape index (κ3) is 3.54. The Kier molecular flexibility index (Phi) is 5.07. The van der Waals surface area contributed by atoms with E-state index in [2.05, 4.69) is 52.9 Å². The molecule has 1 spiro atoms. The summed E-state index contributed by atoms with van der Waals surface area (Å²) in [7, 11) is 2.22. The van der Waals surface area contributed by atoms with E-state index in [-0.39, 0.29) is 5.41 Å². The Hall–Kier alpha value is -1.39. The van der Waals surface area contributed by atoms with E-state index in [1.165, 1.54) is 37.1 Å². The highest BCUT2D eigenvalue weighted by Crippen LogP contribution is 2.42. The number of piperidine rings is 2. The first-order chi connectivity index (χ1) is 12.6. The van der Waals surface area contributed by atoms with Gasteiger partial charge in [0.1, 0.15) is 0 Å². The number of carbonyl (C=O) groups excluding carboxylic acids is 1. The summed E-state index contributed by atoms with van der Waals surface area (Å²) in [4.78, 5) is 20.6. The fourth-order valence-corrected chi connectivity index (χ4v) is 5.29. The van der Waals surface area contributed by atoms with Crippen LogP contribution in [0.15, 0.2) is 24.3 Å². The first-order valence-corrected chi connectivity index (χ1v) is 10.3. The Bertz CT molecular complexity index is 653. The van der Waals surface area contributed by atoms with Gasteiger partial charge >= 0.3 is 0 Å². The highest BCUT2D eigenvalue weighted by Gasteiger charge is 2.49. The Morgan fingerprint density at radius 3 is 2.69 bits per heavy atom. The number of carbonyl (C=O) groups is 1. The molecule has 0 bridgehead atoms. The number of likely N-dealkylation sites (tertiary alicyclic amines) is 3. The number of benzene rings is 1. The fourth-order valence-electron chi connectivity index (χ4n) is 5.29. The molecule has 0 N–H and O–H groups in total. The van der Waals surface area contributed by atoms with Crippen LogP contribution in [0.3, 0.4) is 0 Å². The Morgan fingerprint density at radius 1 is 1.12 bits per heavy atom. The van der Waals surface area contributed by atoms with Crippen molar-refractivity contribution in [2.75, 3.05) is 39.8 Å². The first-order valence-electron chi connectivity index (χ1n) is 10.3. The van der Waals surface area contributed by atoms with Crippen LogP contribution in [0.4, 0.5) is 0 Å². The molecular formula is C22H33N3O. The number of hydrogen-bond acceptors (Lipinski definition) is 3. The van der Waals surface area contributed by atoms with E-state index in [0.29, 0.717) is 11.9 Å². The zero-order valence-corrected chi connectivity index (χ0v) is 16.4. The summed E-state index contributed by atoms with van der Waals surface area (Å²) in [5.74, 6) is 0.417. The molecule has 1 aromatic carbocycles. The van der Waals surface area contributed by atoms with E-state index < -0.39 is 0 Å². The maximum Gasteiger partial charge on any atom is 0.230 e. The van der Waals surface area contributed by atoms with Gasteiger partial charge in [0.15, 0.2) is 0 Å². The maximum absolute atomic E-state index is 13.4. The number of rotatable bonds is 3. The van der Waals surface area contributed by atoms with Crippen molar-refractivity contribution < 1.29 is 4.79 Å². The molecule has 0 aliphatic carbocycles. The van der Waals surface area contributed by atoms with Crippen LogP contribution in [0.2, 0.25) is 0 Å². The van der Waals surface area contributed by atoms with Crippen molar-refractivity contribution in [2.24, 2.45) is 5.41 Å². The smallest absolute Gasteiger partial charge is 0.230 e. The number of aryl methyl sites for hydroxylation is 1. The molecule has 1 aromatic rings. The predicted molar refractivity (Wildman–Crippen MR) is 105 cm³/mol. The van der Waals surface area contributed by atoms with Gasteiger partial charge in [-0.2, -0.15) is 0 Å². The molecule has 3 fully saturated rings. The van der Waals surface area contributed by atoms with Crippen LogP contribution in [0.5, 0.6) is 0 Å². The zero-order chi connectivity index (χ0) is 18.1. The van der Waals surface area contributed by atoms with Crippen molar-refractivity contribution >= 4 is 5.91 Å². The summed E-state index contributed by atoms with van der Waals surface area (Å²) >= 11 is 0. The lowest BCUT2D eigenvalue weighted by molar-refractivity contribution is -0.146. The number of amides is 1. The molecule has 3 aliphatic heterocycles. The molecule has 3 aliphatic rings. The lowest BCUT2D eigenvalue weighted by Gasteiger charge is -2.41. The number of hydrogen-bond donors (Lipinski definition) is 0. The first kappa shape index (κ1) is 18.0. The van der Waals surface area contributed by atoms with E-state index in [1.807, 2.05) is 0 Å². The second kappa shape index (κ2) is 7.32. The molecule has 3 saturated heterocycles. The quantitative estimate of drug-likeness (QED) is 0.834. The van der Waals surface area contributed by atoms with E-state index in [4.69, 9.17) is 0 Å². The summed E-state index contributed by atoms with van der Waals surface area (Å²) in [6, 6.07) is 9.28. The molecule has 26 heavy (non-hydrogen) atoms. The molecule has 4 heteroatoms. The van der Waals surface area contributed by atoms with Gasteiger partial charge in [-0.3, -0.25) is 9.69 Å². The van der Waals surface area contributed by atoms with Crippen LogP contribution in [-0.2, 0) is 11.3 Å². The monoisotopic (exact) mass is 355 g/mol. The van der Waals surface area contributed by atoms with Gasteiger partial charge in [-0.15, -0.1) is 0 Å². The van der Waals surface area contributed by atoms with Crippen molar-refractivity contribution in [3.8, 4) is 0 Å². The van der Waals surface area contributed by atoms with Crippen LogP contribution in [0.25, 0.3) is 0 Å². The van der Waals surface area contributed by atoms with Crippen molar-refractivity contribution in [1.82, 2.24) is 14.7 Å². The summed E-state index contributed by atoms with van der Waals surface area (Å²) in [5.41, 5.74) is 2.43. The molecule has 0 aromatic heterocycles. The van der Waals surface area contributed by atoms with Crippen LogP contribution >= 0.6 is 0 Å². The molecule has 1 unspecified atom stereocenters. The molecule has 4 nitrogen and oxygen atoms in total. The van der Waals surface area contributed by atoms with Crippen LogP contribution in [0, 0.1) is 12.3 Å². The van der Waals surface area contributed by atoms with E-state index in [1.54, 1.807) is 0 Å². The van der Waals surface area contributed by atoms with E-state index in [0.717, 1.165) is 45.4 Å². The normalized spacial score (nSPS) is 29.0. The predicted octanol–water partition coefficient (Wildman–Crippen LogP) is 2.90. The number of nitrogens with zero attached hydrogens (tertiary/aromatic N) is 3. The van der Waals surface area contributed by atoms with E-state index >= 15 is 0 Å². The van der Waals surface area contributed by atoms with Crippen LogP contribution < -0.4 is 0 Å². The molecule has 1 amide bonds. The summed E-state index contributed by atoms with van der Waals surface area (Å²) in [6.45, 7) is 8.31. The minimum atomic E-state index is -0.106. The van der Waals surface area contributed by atoms with Crippen molar-refractivity contribution in [3.05, 3.63) is 35.4 Å². The lowest BCUT2D eigenvalue weighted by atomic mass is 9.78. The average Bonchev–Trinajstić information content (AvgIpc) is 3.05. The molecule has 142 valence electrons.